The highest BCUT2D eigenvalue weighted by Crippen LogP contribution is 2.30. The number of nitrogens with zero attached hydrogens (tertiary/aromatic N) is 4. The van der Waals surface area contributed by atoms with Gasteiger partial charge in [-0.25, -0.2) is 0 Å². The van der Waals surface area contributed by atoms with Crippen molar-refractivity contribution in [3.8, 4) is 22.9 Å². The molecule has 0 bridgehead atoms. The lowest BCUT2D eigenvalue weighted by molar-refractivity contribution is -0.384. The van der Waals surface area contributed by atoms with Gasteiger partial charge in [0.15, 0.2) is 0 Å². The van der Waals surface area contributed by atoms with Crippen LogP contribution in [0.1, 0.15) is 26.3 Å². The van der Waals surface area contributed by atoms with Gasteiger partial charge in [0.25, 0.3) is 17.5 Å². The van der Waals surface area contributed by atoms with Crippen LogP contribution in [0.5, 0.6) is 0 Å². The van der Waals surface area contributed by atoms with Gasteiger partial charge < -0.3 is 4.42 Å². The maximum atomic E-state index is 12.9. The molecule has 4 aromatic rings. The number of carbonyl (C=O) groups is 2. The van der Waals surface area contributed by atoms with E-state index in [2.05, 4.69) is 10.2 Å². The summed E-state index contributed by atoms with van der Waals surface area (Å²) in [6, 6.07) is 20.3. The fraction of sp³-hybridized carbons (Fsp3) is 0.0833. The Morgan fingerprint density at radius 2 is 1.52 bits per heavy atom. The quantitative estimate of drug-likeness (QED) is 0.251. The van der Waals surface area contributed by atoms with Crippen molar-refractivity contribution in [3.05, 3.63) is 99.6 Å². The summed E-state index contributed by atoms with van der Waals surface area (Å²) in [4.78, 5) is 37.4. The van der Waals surface area contributed by atoms with Crippen molar-refractivity contribution in [1.82, 2.24) is 15.1 Å². The fourth-order valence-corrected chi connectivity index (χ4v) is 3.72. The second-order valence-electron chi connectivity index (χ2n) is 7.48. The molecule has 9 heteroatoms. The van der Waals surface area contributed by atoms with E-state index in [1.165, 1.54) is 23.1 Å². The van der Waals surface area contributed by atoms with Crippen LogP contribution in [0.2, 0.25) is 0 Å². The highest BCUT2D eigenvalue weighted by Gasteiger charge is 2.35. The lowest BCUT2D eigenvalue weighted by atomic mass is 10.1. The van der Waals surface area contributed by atoms with E-state index in [0.717, 1.165) is 5.56 Å². The topological polar surface area (TPSA) is 119 Å². The molecule has 1 aliphatic heterocycles. The molecule has 1 aromatic heterocycles. The van der Waals surface area contributed by atoms with E-state index in [4.69, 9.17) is 4.42 Å². The zero-order valence-electron chi connectivity index (χ0n) is 17.2. The third kappa shape index (κ3) is 3.76. The van der Waals surface area contributed by atoms with Crippen LogP contribution in [0.3, 0.4) is 0 Å². The predicted octanol–water partition coefficient (Wildman–Crippen LogP) is 4.15. The van der Waals surface area contributed by atoms with Gasteiger partial charge in [0.05, 0.1) is 16.1 Å². The molecule has 0 N–H and O–H groups in total. The van der Waals surface area contributed by atoms with E-state index >= 15 is 0 Å². The number of amides is 2. The summed E-state index contributed by atoms with van der Waals surface area (Å²) in [6.07, 6.45) is 0.565. The SMILES string of the molecule is O=C1c2ccc(-c3nnc(-c4cccc([N+](=O)[O-])c4)o3)cc2C(=O)N1CCc1ccccc1. The number of hydrogen-bond acceptors (Lipinski definition) is 7. The van der Waals surface area contributed by atoms with E-state index in [0.29, 0.717) is 23.1 Å². The molecule has 0 spiro atoms. The zero-order chi connectivity index (χ0) is 22.9. The number of rotatable bonds is 6. The first-order valence-corrected chi connectivity index (χ1v) is 10.1. The van der Waals surface area contributed by atoms with Gasteiger partial charge in [0, 0.05) is 29.8 Å². The molecule has 5 rings (SSSR count). The van der Waals surface area contributed by atoms with Crippen molar-refractivity contribution in [2.24, 2.45) is 0 Å². The Labute approximate surface area is 187 Å². The van der Waals surface area contributed by atoms with E-state index in [9.17, 15) is 19.7 Å². The van der Waals surface area contributed by atoms with Crippen molar-refractivity contribution in [1.29, 1.82) is 0 Å². The van der Waals surface area contributed by atoms with Gasteiger partial charge in [-0.2, -0.15) is 0 Å². The Morgan fingerprint density at radius 3 is 2.24 bits per heavy atom. The van der Waals surface area contributed by atoms with Crippen LogP contribution in [0.25, 0.3) is 22.9 Å². The third-order valence-corrected chi connectivity index (χ3v) is 5.41. The number of nitro groups is 1. The second-order valence-corrected chi connectivity index (χ2v) is 7.48. The van der Waals surface area contributed by atoms with Crippen molar-refractivity contribution in [2.75, 3.05) is 6.54 Å². The van der Waals surface area contributed by atoms with Crippen LogP contribution in [0.15, 0.2) is 77.2 Å². The Balaban J connectivity index is 1.39. The van der Waals surface area contributed by atoms with E-state index < -0.39 is 4.92 Å². The maximum absolute atomic E-state index is 12.9. The van der Waals surface area contributed by atoms with Gasteiger partial charge in [-0.3, -0.25) is 24.6 Å². The first kappa shape index (κ1) is 20.3. The average molecular weight is 440 g/mol. The van der Waals surface area contributed by atoms with E-state index in [-0.39, 0.29) is 41.4 Å². The van der Waals surface area contributed by atoms with Gasteiger partial charge in [0.2, 0.25) is 11.8 Å². The largest absolute Gasteiger partial charge is 0.416 e. The summed E-state index contributed by atoms with van der Waals surface area (Å²) in [5.41, 5.74) is 2.43. The number of benzene rings is 3. The zero-order valence-corrected chi connectivity index (χ0v) is 17.2. The van der Waals surface area contributed by atoms with Crippen molar-refractivity contribution >= 4 is 17.5 Å². The molecule has 0 unspecified atom stereocenters. The van der Waals surface area contributed by atoms with E-state index in [1.54, 1.807) is 24.3 Å². The highest BCUT2D eigenvalue weighted by molar-refractivity contribution is 6.21. The van der Waals surface area contributed by atoms with Crippen LogP contribution in [-0.2, 0) is 6.42 Å². The molecule has 2 heterocycles. The molecule has 162 valence electrons. The summed E-state index contributed by atoms with van der Waals surface area (Å²) in [6.45, 7) is 0.281. The standard InChI is InChI=1S/C24H16N4O5/c29-23-19-10-9-17(14-20(19)24(30)27(23)12-11-15-5-2-1-3-6-15)22-26-25-21(33-22)16-7-4-8-18(13-16)28(31)32/h1-10,13-14H,11-12H2. The second kappa shape index (κ2) is 8.12. The number of non-ortho nitro benzene ring substituents is 1. The molecule has 1 aliphatic rings. The van der Waals surface area contributed by atoms with Gasteiger partial charge >= 0.3 is 0 Å². The number of nitro benzene ring substituents is 1. The molecule has 0 atom stereocenters. The number of carbonyl (C=O) groups excluding carboxylic acids is 2. The Hall–Kier alpha value is -4.66. The van der Waals surface area contributed by atoms with Crippen LogP contribution in [-0.4, -0.2) is 38.4 Å². The third-order valence-electron chi connectivity index (χ3n) is 5.41. The van der Waals surface area contributed by atoms with Crippen molar-refractivity contribution in [2.45, 2.75) is 6.42 Å². The Morgan fingerprint density at radius 1 is 0.818 bits per heavy atom. The number of hydrogen-bond donors (Lipinski definition) is 0. The predicted molar refractivity (Wildman–Crippen MR) is 117 cm³/mol. The Kier molecular flexibility index (Phi) is 4.98. The lowest BCUT2D eigenvalue weighted by Crippen LogP contribution is -2.31. The van der Waals surface area contributed by atoms with E-state index in [1.807, 2.05) is 30.3 Å². The van der Waals surface area contributed by atoms with Gasteiger partial charge in [0.1, 0.15) is 0 Å². The number of aromatic nitrogens is 2. The van der Waals surface area contributed by atoms with Crippen LogP contribution < -0.4 is 0 Å². The smallest absolute Gasteiger partial charge is 0.270 e. The summed E-state index contributed by atoms with van der Waals surface area (Å²) >= 11 is 0. The Bertz CT molecular complexity index is 1400. The highest BCUT2D eigenvalue weighted by atomic mass is 16.6. The fourth-order valence-electron chi connectivity index (χ4n) is 3.72. The molecule has 3 aromatic carbocycles. The minimum absolute atomic E-state index is 0.0931. The first-order chi connectivity index (χ1) is 16.0. The molecule has 0 aliphatic carbocycles. The van der Waals surface area contributed by atoms with Crippen molar-refractivity contribution in [3.63, 3.8) is 0 Å². The normalized spacial score (nSPS) is 12.8. The molecule has 2 amide bonds. The minimum atomic E-state index is -0.507. The van der Waals surface area contributed by atoms with Crippen LogP contribution in [0, 0.1) is 10.1 Å². The molecule has 0 radical (unpaired) electrons. The summed E-state index contributed by atoms with van der Waals surface area (Å²) in [7, 11) is 0. The molecule has 0 fully saturated rings. The molecule has 0 saturated heterocycles. The van der Waals surface area contributed by atoms with Gasteiger partial charge in [-0.05, 0) is 36.2 Å². The van der Waals surface area contributed by atoms with Crippen LogP contribution in [0.4, 0.5) is 5.69 Å². The molecular weight excluding hydrogens is 424 g/mol. The molecule has 9 nitrogen and oxygen atoms in total. The van der Waals surface area contributed by atoms with Gasteiger partial charge in [-0.1, -0.05) is 36.4 Å². The number of fused-ring (bicyclic) bond motifs is 1. The average Bonchev–Trinajstić information content (AvgIpc) is 3.42. The minimum Gasteiger partial charge on any atom is -0.416 e. The molecule has 0 saturated carbocycles. The molecule has 33 heavy (non-hydrogen) atoms. The monoisotopic (exact) mass is 440 g/mol. The first-order valence-electron chi connectivity index (χ1n) is 10.1. The van der Waals surface area contributed by atoms with Crippen molar-refractivity contribution < 1.29 is 18.9 Å². The maximum Gasteiger partial charge on any atom is 0.270 e. The summed E-state index contributed by atoms with van der Waals surface area (Å²) in [5.74, 6) is -0.449. The molecular formula is C24H16N4O5. The van der Waals surface area contributed by atoms with Crippen LogP contribution >= 0.6 is 0 Å². The summed E-state index contributed by atoms with van der Waals surface area (Å²) < 4.78 is 5.69. The van der Waals surface area contributed by atoms with Gasteiger partial charge in [-0.15, -0.1) is 10.2 Å². The number of imide groups is 1. The summed E-state index contributed by atoms with van der Waals surface area (Å²) in [5, 5.41) is 19.0. The lowest BCUT2D eigenvalue weighted by Gasteiger charge is -2.13.